The van der Waals surface area contributed by atoms with Gasteiger partial charge in [-0.05, 0) is 30.5 Å². The second kappa shape index (κ2) is 7.60. The predicted molar refractivity (Wildman–Crippen MR) is 76.8 cm³/mol. The lowest BCUT2D eigenvalue weighted by molar-refractivity contribution is 0.254. The minimum Gasteiger partial charge on any atom is -0.396 e. The molecule has 1 aromatic rings. The molecule has 20 heavy (non-hydrogen) atoms. The van der Waals surface area contributed by atoms with E-state index in [0.29, 0.717) is 12.0 Å². The predicted octanol–water partition coefficient (Wildman–Crippen LogP) is 1.90. The van der Waals surface area contributed by atoms with Crippen molar-refractivity contribution in [3.8, 4) is 6.07 Å². The molecule has 0 saturated carbocycles. The first-order chi connectivity index (χ1) is 9.44. The van der Waals surface area contributed by atoms with Gasteiger partial charge in [-0.3, -0.25) is 0 Å². The summed E-state index contributed by atoms with van der Waals surface area (Å²) >= 11 is 5.89. The molecule has 5 nitrogen and oxygen atoms in total. The molecule has 0 aliphatic rings. The van der Waals surface area contributed by atoms with Crippen LogP contribution in [0.25, 0.3) is 0 Å². The third-order valence-electron chi connectivity index (χ3n) is 3.03. The van der Waals surface area contributed by atoms with E-state index in [-0.39, 0.29) is 29.0 Å². The van der Waals surface area contributed by atoms with Gasteiger partial charge in [-0.25, -0.2) is 13.1 Å². The Balaban J connectivity index is 2.87. The molecule has 0 fully saturated rings. The molecule has 0 bridgehead atoms. The average Bonchev–Trinajstić information content (AvgIpc) is 2.42. The number of halogens is 1. The Morgan fingerprint density at radius 2 is 2.20 bits per heavy atom. The summed E-state index contributed by atoms with van der Waals surface area (Å²) in [7, 11) is -3.71. The van der Waals surface area contributed by atoms with Gasteiger partial charge in [-0.2, -0.15) is 5.26 Å². The number of nitrogens with zero attached hydrogens (tertiary/aromatic N) is 1. The van der Waals surface area contributed by atoms with E-state index in [1.165, 1.54) is 18.2 Å². The fraction of sp³-hybridized carbons (Fsp3) is 0.462. The zero-order valence-corrected chi connectivity index (χ0v) is 12.7. The molecule has 1 rings (SSSR count). The number of hydrogen-bond donors (Lipinski definition) is 2. The number of benzene rings is 1. The van der Waals surface area contributed by atoms with E-state index in [1.807, 2.05) is 13.0 Å². The van der Waals surface area contributed by atoms with Crippen molar-refractivity contribution < 1.29 is 13.5 Å². The van der Waals surface area contributed by atoms with Gasteiger partial charge in [0.05, 0.1) is 16.7 Å². The molecule has 0 heterocycles. The number of nitrogens with one attached hydrogen (secondary N) is 1. The van der Waals surface area contributed by atoms with Gasteiger partial charge in [0.15, 0.2) is 0 Å². The first-order valence-electron chi connectivity index (χ1n) is 6.24. The smallest absolute Gasteiger partial charge is 0.242 e. The van der Waals surface area contributed by atoms with Crippen LogP contribution >= 0.6 is 11.6 Å². The van der Waals surface area contributed by atoms with Crippen LogP contribution in [-0.2, 0) is 10.0 Å². The molecule has 0 radical (unpaired) electrons. The van der Waals surface area contributed by atoms with Gasteiger partial charge in [0.25, 0.3) is 0 Å². The standard InChI is InChI=1S/C13H17ClN2O3S/c1-2-10(5-6-17)9-16-20(18,19)13-4-3-11(8-15)7-12(13)14/h3-4,7,10,16-17H,2,5-6,9H2,1H3. The largest absolute Gasteiger partial charge is 0.396 e. The topological polar surface area (TPSA) is 90.2 Å². The molecule has 7 heteroatoms. The Bertz CT molecular complexity index is 596. The molecule has 0 spiro atoms. The Morgan fingerprint density at radius 1 is 1.50 bits per heavy atom. The van der Waals surface area contributed by atoms with Crippen LogP contribution < -0.4 is 4.72 Å². The SMILES string of the molecule is CCC(CCO)CNS(=O)(=O)c1ccc(C#N)cc1Cl. The van der Waals surface area contributed by atoms with E-state index < -0.39 is 10.0 Å². The molecule has 110 valence electrons. The number of hydrogen-bond acceptors (Lipinski definition) is 4. The van der Waals surface area contributed by atoms with Crippen LogP contribution in [0.5, 0.6) is 0 Å². The van der Waals surface area contributed by atoms with Crippen LogP contribution in [0.2, 0.25) is 5.02 Å². The second-order valence-electron chi connectivity index (χ2n) is 4.40. The van der Waals surface area contributed by atoms with Gasteiger partial charge in [0, 0.05) is 13.2 Å². The van der Waals surface area contributed by atoms with Gasteiger partial charge in [-0.1, -0.05) is 24.9 Å². The van der Waals surface area contributed by atoms with Crippen LogP contribution in [0, 0.1) is 17.2 Å². The lowest BCUT2D eigenvalue weighted by Crippen LogP contribution is -2.29. The molecule has 0 aliphatic heterocycles. The Labute approximate surface area is 124 Å². The van der Waals surface area contributed by atoms with Crippen LogP contribution in [0.4, 0.5) is 0 Å². The van der Waals surface area contributed by atoms with E-state index in [4.69, 9.17) is 22.0 Å². The summed E-state index contributed by atoms with van der Waals surface area (Å²) in [6.07, 6.45) is 1.31. The van der Waals surface area contributed by atoms with Gasteiger partial charge in [0.1, 0.15) is 4.90 Å². The van der Waals surface area contributed by atoms with Gasteiger partial charge in [0.2, 0.25) is 10.0 Å². The fourth-order valence-electron chi connectivity index (χ4n) is 1.73. The molecular formula is C13H17ClN2O3S. The molecule has 1 unspecified atom stereocenters. The van der Waals surface area contributed by atoms with Crippen molar-refractivity contribution in [1.29, 1.82) is 5.26 Å². The lowest BCUT2D eigenvalue weighted by atomic mass is 10.0. The van der Waals surface area contributed by atoms with Crippen LogP contribution in [-0.4, -0.2) is 26.7 Å². The highest BCUT2D eigenvalue weighted by molar-refractivity contribution is 7.89. The third kappa shape index (κ3) is 4.46. The lowest BCUT2D eigenvalue weighted by Gasteiger charge is -2.15. The fourth-order valence-corrected chi connectivity index (χ4v) is 3.39. The highest BCUT2D eigenvalue weighted by Gasteiger charge is 2.19. The Kier molecular flexibility index (Phi) is 6.43. The molecule has 1 atom stereocenters. The maximum Gasteiger partial charge on any atom is 0.242 e. The summed E-state index contributed by atoms with van der Waals surface area (Å²) < 4.78 is 26.8. The van der Waals surface area contributed by atoms with Crippen LogP contribution in [0.3, 0.4) is 0 Å². The quantitative estimate of drug-likeness (QED) is 0.804. The summed E-state index contributed by atoms with van der Waals surface area (Å²) in [4.78, 5) is -0.0444. The van der Waals surface area contributed by atoms with Crippen molar-refractivity contribution in [2.45, 2.75) is 24.7 Å². The van der Waals surface area contributed by atoms with Crippen molar-refractivity contribution in [2.75, 3.05) is 13.2 Å². The van der Waals surface area contributed by atoms with Crippen molar-refractivity contribution >= 4 is 21.6 Å². The number of sulfonamides is 1. The zero-order chi connectivity index (χ0) is 15.2. The second-order valence-corrected chi connectivity index (χ2v) is 6.54. The minimum absolute atomic E-state index is 0.0201. The number of aliphatic hydroxyl groups excluding tert-OH is 1. The monoisotopic (exact) mass is 316 g/mol. The maximum atomic E-state index is 12.1. The van der Waals surface area contributed by atoms with E-state index in [1.54, 1.807) is 0 Å². The average molecular weight is 317 g/mol. The Morgan fingerprint density at radius 3 is 2.70 bits per heavy atom. The van der Waals surface area contributed by atoms with Gasteiger partial charge < -0.3 is 5.11 Å². The molecule has 2 N–H and O–H groups in total. The first-order valence-corrected chi connectivity index (χ1v) is 8.10. The van der Waals surface area contributed by atoms with Gasteiger partial charge in [-0.15, -0.1) is 0 Å². The molecule has 1 aromatic carbocycles. The van der Waals surface area contributed by atoms with Crippen LogP contribution in [0.1, 0.15) is 25.3 Å². The van der Waals surface area contributed by atoms with E-state index in [9.17, 15) is 8.42 Å². The number of rotatable bonds is 7. The Hall–Kier alpha value is -1.13. The zero-order valence-electron chi connectivity index (χ0n) is 11.1. The number of aliphatic hydroxyl groups is 1. The summed E-state index contributed by atoms with van der Waals surface area (Å²) in [6.45, 7) is 2.21. The summed E-state index contributed by atoms with van der Waals surface area (Å²) in [6, 6.07) is 5.94. The van der Waals surface area contributed by atoms with E-state index in [2.05, 4.69) is 4.72 Å². The van der Waals surface area contributed by atoms with Crippen molar-refractivity contribution in [1.82, 2.24) is 4.72 Å². The van der Waals surface area contributed by atoms with Gasteiger partial charge >= 0.3 is 0 Å². The summed E-state index contributed by atoms with van der Waals surface area (Å²) in [5, 5.41) is 17.6. The normalized spacial score (nSPS) is 12.9. The number of nitriles is 1. The highest BCUT2D eigenvalue weighted by atomic mass is 35.5. The first kappa shape index (κ1) is 16.9. The molecule has 0 aromatic heterocycles. The minimum atomic E-state index is -3.71. The molecule has 0 amide bonds. The summed E-state index contributed by atoms with van der Waals surface area (Å²) in [5.74, 6) is 0.0759. The van der Waals surface area contributed by atoms with E-state index in [0.717, 1.165) is 6.42 Å². The molecule has 0 saturated heterocycles. The third-order valence-corrected chi connectivity index (χ3v) is 4.93. The van der Waals surface area contributed by atoms with E-state index >= 15 is 0 Å². The van der Waals surface area contributed by atoms with Crippen molar-refractivity contribution in [3.63, 3.8) is 0 Å². The summed E-state index contributed by atoms with van der Waals surface area (Å²) in [5.41, 5.74) is 0.306. The van der Waals surface area contributed by atoms with Crippen molar-refractivity contribution in [3.05, 3.63) is 28.8 Å². The highest BCUT2D eigenvalue weighted by Crippen LogP contribution is 2.22. The maximum absolute atomic E-state index is 12.1. The van der Waals surface area contributed by atoms with Crippen LogP contribution in [0.15, 0.2) is 23.1 Å². The molecular weight excluding hydrogens is 300 g/mol. The molecule has 0 aliphatic carbocycles. The van der Waals surface area contributed by atoms with Crippen molar-refractivity contribution in [2.24, 2.45) is 5.92 Å².